The van der Waals surface area contributed by atoms with E-state index in [1.807, 2.05) is 6.07 Å². The molecule has 3 nitrogen and oxygen atoms in total. The minimum Gasteiger partial charge on any atom is -0.370 e. The summed E-state index contributed by atoms with van der Waals surface area (Å²) in [5, 5.41) is 3.29. The van der Waals surface area contributed by atoms with E-state index < -0.39 is 0 Å². The number of benzene rings is 1. The molecule has 0 atom stereocenters. The molecule has 0 radical (unpaired) electrons. The van der Waals surface area contributed by atoms with E-state index in [0.29, 0.717) is 6.42 Å². The minimum absolute atomic E-state index is 0.168. The van der Waals surface area contributed by atoms with Gasteiger partial charge in [0.25, 0.3) is 0 Å². The van der Waals surface area contributed by atoms with E-state index in [0.717, 1.165) is 31.5 Å². The highest BCUT2D eigenvalue weighted by molar-refractivity contribution is 5.82. The van der Waals surface area contributed by atoms with Gasteiger partial charge in [-0.2, -0.15) is 0 Å². The Kier molecular flexibility index (Phi) is 5.11. The average Bonchev–Trinajstić information content (AvgIpc) is 2.42. The highest BCUT2D eigenvalue weighted by Crippen LogP contribution is 2.11. The smallest absolute Gasteiger partial charge is 0.162 e. The number of rotatable bonds is 5. The zero-order chi connectivity index (χ0) is 13.7. The minimum atomic E-state index is 0.168. The maximum Gasteiger partial charge on any atom is 0.162 e. The molecule has 0 aromatic heterocycles. The predicted octanol–water partition coefficient (Wildman–Crippen LogP) is 2.18. The Hall–Kier alpha value is -1.19. The fourth-order valence-electron chi connectivity index (χ4n) is 2.37. The molecular formula is C16H23NO2. The summed E-state index contributed by atoms with van der Waals surface area (Å²) in [5.74, 6) is 0.168. The number of nitrogens with one attached hydrogen (secondary N) is 1. The first-order chi connectivity index (χ1) is 9.15. The second-order valence-electron chi connectivity index (χ2n) is 5.39. The molecule has 2 rings (SSSR count). The van der Waals surface area contributed by atoms with Gasteiger partial charge in [-0.05, 0) is 56.5 Å². The second-order valence-corrected chi connectivity index (χ2v) is 5.39. The van der Waals surface area contributed by atoms with Gasteiger partial charge in [0.15, 0.2) is 5.78 Å². The Labute approximate surface area is 115 Å². The van der Waals surface area contributed by atoms with Crippen LogP contribution in [0.5, 0.6) is 0 Å². The van der Waals surface area contributed by atoms with Crippen LogP contribution in [-0.4, -0.2) is 31.6 Å². The zero-order valence-corrected chi connectivity index (χ0v) is 11.9. The molecule has 1 aliphatic rings. The molecule has 1 aliphatic heterocycles. The fraction of sp³-hybridized carbons (Fsp3) is 0.562. The molecule has 0 spiro atoms. The van der Waals surface area contributed by atoms with Crippen LogP contribution in [0.2, 0.25) is 0 Å². The molecule has 0 amide bonds. The van der Waals surface area contributed by atoms with Crippen molar-refractivity contribution < 1.29 is 9.53 Å². The highest BCUT2D eigenvalue weighted by Gasteiger charge is 2.15. The van der Waals surface area contributed by atoms with Gasteiger partial charge < -0.3 is 10.1 Å². The standard InChI is InChI=1S/C16H23NO2/c1-12-3-4-14(9-13(12)2)10-15(18)11-19-16-5-7-17-8-6-16/h3-4,9,16-17H,5-8,10-11H2,1-2H3. The number of aryl methyl sites for hydroxylation is 2. The Morgan fingerprint density at radius 1 is 1.26 bits per heavy atom. The first-order valence-electron chi connectivity index (χ1n) is 7.05. The third-order valence-corrected chi connectivity index (χ3v) is 3.74. The number of piperidine rings is 1. The van der Waals surface area contributed by atoms with E-state index >= 15 is 0 Å². The first-order valence-corrected chi connectivity index (χ1v) is 7.05. The Bertz CT molecular complexity index is 436. The van der Waals surface area contributed by atoms with Gasteiger partial charge in [0.1, 0.15) is 6.61 Å². The van der Waals surface area contributed by atoms with Gasteiger partial charge in [-0.3, -0.25) is 4.79 Å². The molecular weight excluding hydrogens is 238 g/mol. The van der Waals surface area contributed by atoms with Crippen LogP contribution in [0.25, 0.3) is 0 Å². The Morgan fingerprint density at radius 2 is 2.00 bits per heavy atom. The summed E-state index contributed by atoms with van der Waals surface area (Å²) < 4.78 is 5.68. The summed E-state index contributed by atoms with van der Waals surface area (Å²) in [5.41, 5.74) is 3.59. The van der Waals surface area contributed by atoms with Crippen molar-refractivity contribution in [3.05, 3.63) is 34.9 Å². The molecule has 3 heteroatoms. The van der Waals surface area contributed by atoms with Crippen molar-refractivity contribution in [2.24, 2.45) is 0 Å². The quantitative estimate of drug-likeness (QED) is 0.883. The SMILES string of the molecule is Cc1ccc(CC(=O)COC2CCNCC2)cc1C. The van der Waals surface area contributed by atoms with Crippen LogP contribution in [0.3, 0.4) is 0 Å². The molecule has 19 heavy (non-hydrogen) atoms. The lowest BCUT2D eigenvalue weighted by Crippen LogP contribution is -2.33. The van der Waals surface area contributed by atoms with Gasteiger partial charge in [-0.15, -0.1) is 0 Å². The van der Waals surface area contributed by atoms with Crippen molar-refractivity contribution in [3.8, 4) is 0 Å². The van der Waals surface area contributed by atoms with Crippen LogP contribution in [0.15, 0.2) is 18.2 Å². The lowest BCUT2D eigenvalue weighted by molar-refractivity contribution is -0.125. The van der Waals surface area contributed by atoms with Crippen molar-refractivity contribution in [1.82, 2.24) is 5.32 Å². The largest absolute Gasteiger partial charge is 0.370 e. The number of Topliss-reactive ketones (excluding diaryl/α,β-unsaturated/α-hetero) is 1. The van der Waals surface area contributed by atoms with Gasteiger partial charge in [0.2, 0.25) is 0 Å². The molecule has 1 saturated heterocycles. The predicted molar refractivity (Wildman–Crippen MR) is 76.5 cm³/mol. The number of ether oxygens (including phenoxy) is 1. The van der Waals surface area contributed by atoms with Crippen LogP contribution in [-0.2, 0) is 16.0 Å². The summed E-state index contributed by atoms with van der Waals surface area (Å²) in [6, 6.07) is 6.20. The Balaban J connectivity index is 1.78. The molecule has 1 N–H and O–H groups in total. The first kappa shape index (κ1) is 14.2. The number of hydrogen-bond donors (Lipinski definition) is 1. The van der Waals surface area contributed by atoms with E-state index in [1.54, 1.807) is 0 Å². The molecule has 1 aromatic rings. The number of carbonyl (C=O) groups excluding carboxylic acids is 1. The zero-order valence-electron chi connectivity index (χ0n) is 11.9. The molecule has 0 bridgehead atoms. The van der Waals surface area contributed by atoms with E-state index in [1.165, 1.54) is 11.1 Å². The lowest BCUT2D eigenvalue weighted by atomic mass is 10.0. The summed E-state index contributed by atoms with van der Waals surface area (Å²) >= 11 is 0. The van der Waals surface area contributed by atoms with E-state index in [9.17, 15) is 4.79 Å². The monoisotopic (exact) mass is 261 g/mol. The topological polar surface area (TPSA) is 38.3 Å². The summed E-state index contributed by atoms with van der Waals surface area (Å²) in [4.78, 5) is 11.9. The third kappa shape index (κ3) is 4.44. The number of ketones is 1. The van der Waals surface area contributed by atoms with Gasteiger partial charge in [-0.25, -0.2) is 0 Å². The third-order valence-electron chi connectivity index (χ3n) is 3.74. The van der Waals surface area contributed by atoms with Crippen molar-refractivity contribution in [2.75, 3.05) is 19.7 Å². The van der Waals surface area contributed by atoms with Crippen LogP contribution >= 0.6 is 0 Å². The van der Waals surface area contributed by atoms with E-state index in [-0.39, 0.29) is 18.5 Å². The van der Waals surface area contributed by atoms with Crippen LogP contribution in [0.1, 0.15) is 29.5 Å². The van der Waals surface area contributed by atoms with Gasteiger partial charge in [0, 0.05) is 6.42 Å². The van der Waals surface area contributed by atoms with E-state index in [4.69, 9.17) is 4.74 Å². The molecule has 0 aliphatic carbocycles. The van der Waals surface area contributed by atoms with Crippen molar-refractivity contribution in [2.45, 2.75) is 39.2 Å². The van der Waals surface area contributed by atoms with Crippen LogP contribution in [0, 0.1) is 13.8 Å². The van der Waals surface area contributed by atoms with Crippen LogP contribution in [0.4, 0.5) is 0 Å². The molecule has 0 unspecified atom stereocenters. The molecule has 0 saturated carbocycles. The molecule has 1 aromatic carbocycles. The second kappa shape index (κ2) is 6.83. The van der Waals surface area contributed by atoms with Crippen LogP contribution < -0.4 is 5.32 Å². The number of hydrogen-bond acceptors (Lipinski definition) is 3. The maximum atomic E-state index is 11.9. The van der Waals surface area contributed by atoms with Gasteiger partial charge in [-0.1, -0.05) is 18.2 Å². The Morgan fingerprint density at radius 3 is 2.68 bits per heavy atom. The average molecular weight is 261 g/mol. The summed E-state index contributed by atoms with van der Waals surface area (Å²) in [7, 11) is 0. The molecule has 1 fully saturated rings. The van der Waals surface area contributed by atoms with Crippen molar-refractivity contribution in [3.63, 3.8) is 0 Å². The van der Waals surface area contributed by atoms with Gasteiger partial charge >= 0.3 is 0 Å². The van der Waals surface area contributed by atoms with Gasteiger partial charge in [0.05, 0.1) is 6.10 Å². The molecule has 104 valence electrons. The maximum absolute atomic E-state index is 11.9. The fourth-order valence-corrected chi connectivity index (χ4v) is 2.37. The normalized spacial score (nSPS) is 16.5. The van der Waals surface area contributed by atoms with Crippen molar-refractivity contribution in [1.29, 1.82) is 0 Å². The van der Waals surface area contributed by atoms with E-state index in [2.05, 4.69) is 31.3 Å². The lowest BCUT2D eigenvalue weighted by Gasteiger charge is -2.22. The number of carbonyl (C=O) groups is 1. The highest BCUT2D eigenvalue weighted by atomic mass is 16.5. The summed E-state index contributed by atoms with van der Waals surface area (Å²) in [6.07, 6.45) is 2.75. The molecule has 1 heterocycles. The van der Waals surface area contributed by atoms with Crippen molar-refractivity contribution >= 4 is 5.78 Å². The summed E-state index contributed by atoms with van der Waals surface area (Å²) in [6.45, 7) is 6.40.